The topological polar surface area (TPSA) is 26.3 Å². The SMILES string of the molecule is CC(=O)CCCc1ccc(OC(C)C)cc1. The maximum absolute atomic E-state index is 10.8. The average Bonchev–Trinajstić information content (AvgIpc) is 2.19. The van der Waals surface area contributed by atoms with Crippen LogP contribution in [0.15, 0.2) is 24.3 Å². The zero-order chi connectivity index (χ0) is 12.0. The Hall–Kier alpha value is -1.31. The van der Waals surface area contributed by atoms with Crippen LogP contribution in [-0.4, -0.2) is 11.9 Å². The molecule has 2 heteroatoms. The van der Waals surface area contributed by atoms with Gasteiger partial charge in [0.1, 0.15) is 11.5 Å². The largest absolute Gasteiger partial charge is 0.491 e. The third-order valence-corrected chi connectivity index (χ3v) is 2.29. The molecule has 0 aliphatic heterocycles. The van der Waals surface area contributed by atoms with Crippen LogP contribution < -0.4 is 4.74 Å². The summed E-state index contributed by atoms with van der Waals surface area (Å²) in [5.74, 6) is 1.17. The van der Waals surface area contributed by atoms with Crippen LogP contribution in [0.3, 0.4) is 0 Å². The van der Waals surface area contributed by atoms with Gasteiger partial charge in [-0.2, -0.15) is 0 Å². The number of ketones is 1. The first-order valence-corrected chi connectivity index (χ1v) is 5.83. The Bertz CT molecular complexity index is 325. The van der Waals surface area contributed by atoms with Gasteiger partial charge in [-0.1, -0.05) is 12.1 Å². The molecule has 0 radical (unpaired) electrons. The minimum Gasteiger partial charge on any atom is -0.491 e. The lowest BCUT2D eigenvalue weighted by Crippen LogP contribution is -2.05. The highest BCUT2D eigenvalue weighted by molar-refractivity contribution is 5.75. The number of ether oxygens (including phenoxy) is 1. The smallest absolute Gasteiger partial charge is 0.129 e. The van der Waals surface area contributed by atoms with Crippen molar-refractivity contribution >= 4 is 5.78 Å². The molecule has 16 heavy (non-hydrogen) atoms. The Morgan fingerprint density at radius 1 is 1.25 bits per heavy atom. The average molecular weight is 220 g/mol. The summed E-state index contributed by atoms with van der Waals surface area (Å²) in [5, 5.41) is 0. The standard InChI is InChI=1S/C14H20O2/c1-11(2)16-14-9-7-13(8-10-14)6-4-5-12(3)15/h7-11H,4-6H2,1-3H3. The van der Waals surface area contributed by atoms with Gasteiger partial charge in [-0.15, -0.1) is 0 Å². The first-order chi connectivity index (χ1) is 7.58. The first-order valence-electron chi connectivity index (χ1n) is 5.83. The van der Waals surface area contributed by atoms with Crippen LogP contribution in [0.1, 0.15) is 39.2 Å². The Kier molecular flexibility index (Phi) is 5.03. The fourth-order valence-electron chi connectivity index (χ4n) is 1.55. The minimum absolute atomic E-state index is 0.212. The van der Waals surface area contributed by atoms with Gasteiger partial charge in [-0.05, 0) is 51.3 Å². The van der Waals surface area contributed by atoms with Crippen molar-refractivity contribution in [2.24, 2.45) is 0 Å². The van der Waals surface area contributed by atoms with E-state index in [9.17, 15) is 4.79 Å². The molecule has 88 valence electrons. The number of Topliss-reactive ketones (excluding diaryl/α,β-unsaturated/α-hetero) is 1. The Balaban J connectivity index is 2.42. The summed E-state index contributed by atoms with van der Waals surface area (Å²) in [7, 11) is 0. The number of carbonyl (C=O) groups excluding carboxylic acids is 1. The lowest BCUT2D eigenvalue weighted by Gasteiger charge is -2.09. The van der Waals surface area contributed by atoms with Crippen molar-refractivity contribution in [1.29, 1.82) is 0 Å². The first kappa shape index (κ1) is 12.8. The Morgan fingerprint density at radius 2 is 1.88 bits per heavy atom. The van der Waals surface area contributed by atoms with Crippen molar-refractivity contribution in [3.05, 3.63) is 29.8 Å². The molecule has 1 rings (SSSR count). The number of aryl methyl sites for hydroxylation is 1. The zero-order valence-electron chi connectivity index (χ0n) is 10.3. The quantitative estimate of drug-likeness (QED) is 0.734. The van der Waals surface area contributed by atoms with Crippen molar-refractivity contribution in [1.82, 2.24) is 0 Å². The van der Waals surface area contributed by atoms with E-state index < -0.39 is 0 Å². The molecule has 0 aliphatic rings. The molecule has 0 aromatic heterocycles. The molecule has 0 amide bonds. The number of carbonyl (C=O) groups is 1. The van der Waals surface area contributed by atoms with E-state index in [2.05, 4.69) is 12.1 Å². The third-order valence-electron chi connectivity index (χ3n) is 2.29. The molecule has 0 unspecified atom stereocenters. The number of hydrogen-bond acceptors (Lipinski definition) is 2. The highest BCUT2D eigenvalue weighted by Gasteiger charge is 1.99. The molecule has 0 spiro atoms. The molecule has 0 N–H and O–H groups in total. The van der Waals surface area contributed by atoms with E-state index in [0.717, 1.165) is 18.6 Å². The van der Waals surface area contributed by atoms with Gasteiger partial charge in [0.05, 0.1) is 6.10 Å². The van der Waals surface area contributed by atoms with Crippen molar-refractivity contribution in [2.75, 3.05) is 0 Å². The minimum atomic E-state index is 0.212. The molecular formula is C14H20O2. The van der Waals surface area contributed by atoms with Crippen molar-refractivity contribution in [2.45, 2.75) is 46.1 Å². The summed E-state index contributed by atoms with van der Waals surface area (Å²) in [6.07, 6.45) is 2.77. The van der Waals surface area contributed by atoms with Crippen molar-refractivity contribution in [3.63, 3.8) is 0 Å². The van der Waals surface area contributed by atoms with Crippen LogP contribution in [0.2, 0.25) is 0 Å². The summed E-state index contributed by atoms with van der Waals surface area (Å²) in [5.41, 5.74) is 1.26. The summed E-state index contributed by atoms with van der Waals surface area (Å²) in [6.45, 7) is 5.67. The van der Waals surface area contributed by atoms with Crippen LogP contribution in [0.4, 0.5) is 0 Å². The Morgan fingerprint density at radius 3 is 2.38 bits per heavy atom. The molecule has 1 aromatic rings. The van der Waals surface area contributed by atoms with E-state index in [0.29, 0.717) is 6.42 Å². The predicted octanol–water partition coefficient (Wildman–Crippen LogP) is 3.39. The van der Waals surface area contributed by atoms with E-state index in [4.69, 9.17) is 4.74 Å². The number of hydrogen-bond donors (Lipinski definition) is 0. The van der Waals surface area contributed by atoms with E-state index in [1.807, 2.05) is 26.0 Å². The summed E-state index contributed by atoms with van der Waals surface area (Å²) in [6, 6.07) is 8.11. The van der Waals surface area contributed by atoms with Gasteiger partial charge in [-0.3, -0.25) is 0 Å². The molecule has 0 saturated carbocycles. The lowest BCUT2D eigenvalue weighted by atomic mass is 10.1. The van der Waals surface area contributed by atoms with Crippen molar-refractivity contribution in [3.8, 4) is 5.75 Å². The molecule has 1 aromatic carbocycles. The maximum Gasteiger partial charge on any atom is 0.129 e. The fraction of sp³-hybridized carbons (Fsp3) is 0.500. The molecule has 0 fully saturated rings. The molecular weight excluding hydrogens is 200 g/mol. The second-order valence-electron chi connectivity index (χ2n) is 4.37. The predicted molar refractivity (Wildman–Crippen MR) is 65.8 cm³/mol. The van der Waals surface area contributed by atoms with Gasteiger partial charge in [0.25, 0.3) is 0 Å². The number of benzene rings is 1. The molecule has 0 atom stereocenters. The van der Waals surface area contributed by atoms with Crippen LogP contribution in [0, 0.1) is 0 Å². The number of rotatable bonds is 6. The molecule has 0 aliphatic carbocycles. The van der Waals surface area contributed by atoms with Gasteiger partial charge in [0.2, 0.25) is 0 Å². The van der Waals surface area contributed by atoms with E-state index in [1.165, 1.54) is 5.56 Å². The van der Waals surface area contributed by atoms with E-state index >= 15 is 0 Å². The van der Waals surface area contributed by atoms with Gasteiger partial charge >= 0.3 is 0 Å². The fourth-order valence-corrected chi connectivity index (χ4v) is 1.55. The van der Waals surface area contributed by atoms with Gasteiger partial charge in [-0.25, -0.2) is 0 Å². The summed E-state index contributed by atoms with van der Waals surface area (Å²) >= 11 is 0. The van der Waals surface area contributed by atoms with Crippen molar-refractivity contribution < 1.29 is 9.53 Å². The van der Waals surface area contributed by atoms with Gasteiger partial charge in [0.15, 0.2) is 0 Å². The van der Waals surface area contributed by atoms with Crippen LogP contribution in [0.5, 0.6) is 5.75 Å². The Labute approximate surface area is 97.6 Å². The van der Waals surface area contributed by atoms with Gasteiger partial charge < -0.3 is 9.53 Å². The second-order valence-corrected chi connectivity index (χ2v) is 4.37. The monoisotopic (exact) mass is 220 g/mol. The molecule has 2 nitrogen and oxygen atoms in total. The lowest BCUT2D eigenvalue weighted by molar-refractivity contribution is -0.117. The highest BCUT2D eigenvalue weighted by Crippen LogP contribution is 2.15. The van der Waals surface area contributed by atoms with Crippen LogP contribution in [-0.2, 0) is 11.2 Å². The van der Waals surface area contributed by atoms with E-state index in [-0.39, 0.29) is 11.9 Å². The normalized spacial score (nSPS) is 10.5. The van der Waals surface area contributed by atoms with Gasteiger partial charge in [0, 0.05) is 6.42 Å². The maximum atomic E-state index is 10.8. The molecule has 0 heterocycles. The second kappa shape index (κ2) is 6.31. The molecule has 0 saturated heterocycles. The van der Waals surface area contributed by atoms with E-state index in [1.54, 1.807) is 6.92 Å². The van der Waals surface area contributed by atoms with Crippen LogP contribution >= 0.6 is 0 Å². The van der Waals surface area contributed by atoms with Crippen LogP contribution in [0.25, 0.3) is 0 Å². The summed E-state index contributed by atoms with van der Waals surface area (Å²) < 4.78 is 5.56. The summed E-state index contributed by atoms with van der Waals surface area (Å²) in [4.78, 5) is 10.8. The highest BCUT2D eigenvalue weighted by atomic mass is 16.5. The zero-order valence-corrected chi connectivity index (χ0v) is 10.3. The molecule has 0 bridgehead atoms. The third kappa shape index (κ3) is 4.96.